The topological polar surface area (TPSA) is 63.1 Å². The highest BCUT2D eigenvalue weighted by Crippen LogP contribution is 2.41. The van der Waals surface area contributed by atoms with Crippen LogP contribution >= 0.6 is 7.37 Å². The molecule has 0 amide bonds. The minimum Gasteiger partial charge on any atom is -0.341 e. The van der Waals surface area contributed by atoms with Crippen molar-refractivity contribution in [1.29, 1.82) is 0 Å². The highest BCUT2D eigenvalue weighted by molar-refractivity contribution is 7.66. The second kappa shape index (κ2) is 6.29. The van der Waals surface area contributed by atoms with E-state index in [1.54, 1.807) is 24.5 Å². The average Bonchev–Trinajstić information content (AvgIpc) is 2.46. The Labute approximate surface area is 119 Å². The van der Waals surface area contributed by atoms with Crippen LogP contribution in [0.2, 0.25) is 0 Å². The monoisotopic (exact) mass is 290 g/mol. The van der Waals surface area contributed by atoms with Crippen LogP contribution in [0, 0.1) is 5.92 Å². The summed E-state index contributed by atoms with van der Waals surface area (Å²) in [5, 5.41) is 0.453. The predicted octanol–water partition coefficient (Wildman–Crippen LogP) is 3.09. The molecule has 2 aromatic rings. The van der Waals surface area contributed by atoms with Crippen molar-refractivity contribution in [2.24, 2.45) is 5.92 Å². The normalized spacial score (nSPS) is 14.2. The van der Waals surface area contributed by atoms with Crippen molar-refractivity contribution < 1.29 is 9.46 Å². The molecule has 0 saturated heterocycles. The molecule has 5 heteroatoms. The van der Waals surface area contributed by atoms with Crippen LogP contribution in [0.15, 0.2) is 42.7 Å². The molecule has 0 aliphatic rings. The van der Waals surface area contributed by atoms with E-state index in [0.29, 0.717) is 28.8 Å². The minimum atomic E-state index is -3.31. The van der Waals surface area contributed by atoms with Crippen molar-refractivity contribution in [3.05, 3.63) is 42.7 Å². The van der Waals surface area contributed by atoms with E-state index in [-0.39, 0.29) is 0 Å². The third-order valence-corrected chi connectivity index (χ3v) is 5.03. The van der Waals surface area contributed by atoms with Gasteiger partial charge in [0.15, 0.2) is 0 Å². The van der Waals surface area contributed by atoms with Gasteiger partial charge in [0.1, 0.15) is 0 Å². The fraction of sp³-hybridized carbons (Fsp3) is 0.333. The number of aromatic nitrogens is 2. The van der Waals surface area contributed by atoms with E-state index in [9.17, 15) is 9.46 Å². The van der Waals surface area contributed by atoms with Gasteiger partial charge in [0.2, 0.25) is 7.37 Å². The van der Waals surface area contributed by atoms with E-state index in [4.69, 9.17) is 0 Å². The SMILES string of the molecule is CC(C)CCP(=O)(O)c1ccnc(-c2ccccn2)c1. The Kier molecular flexibility index (Phi) is 4.69. The molecule has 0 bridgehead atoms. The standard InChI is InChI=1S/C15H19N2O2P/c1-12(2)7-10-20(18,19)13-6-9-17-15(11-13)14-5-3-4-8-16-14/h3-6,8-9,11-12H,7,10H2,1-2H3,(H,18,19). The first kappa shape index (κ1) is 14.9. The van der Waals surface area contributed by atoms with Gasteiger partial charge < -0.3 is 4.89 Å². The lowest BCUT2D eigenvalue weighted by Gasteiger charge is -2.13. The van der Waals surface area contributed by atoms with Crippen LogP contribution in [0.4, 0.5) is 0 Å². The van der Waals surface area contributed by atoms with E-state index in [2.05, 4.69) is 9.97 Å². The van der Waals surface area contributed by atoms with Gasteiger partial charge in [-0.25, -0.2) is 0 Å². The van der Waals surface area contributed by atoms with Crippen LogP contribution < -0.4 is 5.30 Å². The van der Waals surface area contributed by atoms with Crippen molar-refractivity contribution in [3.63, 3.8) is 0 Å². The Morgan fingerprint density at radius 2 is 1.90 bits per heavy atom. The van der Waals surface area contributed by atoms with Crippen molar-refractivity contribution in [2.75, 3.05) is 6.16 Å². The van der Waals surface area contributed by atoms with Gasteiger partial charge in [-0.05, 0) is 36.6 Å². The van der Waals surface area contributed by atoms with E-state index in [1.165, 1.54) is 0 Å². The second-order valence-electron chi connectivity index (χ2n) is 5.22. The molecule has 0 aromatic carbocycles. The van der Waals surface area contributed by atoms with Gasteiger partial charge in [-0.3, -0.25) is 14.5 Å². The van der Waals surface area contributed by atoms with Gasteiger partial charge in [-0.1, -0.05) is 19.9 Å². The van der Waals surface area contributed by atoms with Crippen LogP contribution in [0.3, 0.4) is 0 Å². The fourth-order valence-electron chi connectivity index (χ4n) is 1.85. The Hall–Kier alpha value is -1.51. The summed E-state index contributed by atoms with van der Waals surface area (Å²) in [6, 6.07) is 8.82. The quantitative estimate of drug-likeness (QED) is 0.859. The zero-order valence-electron chi connectivity index (χ0n) is 11.7. The van der Waals surface area contributed by atoms with Gasteiger partial charge in [-0.2, -0.15) is 0 Å². The summed E-state index contributed by atoms with van der Waals surface area (Å²) in [4.78, 5) is 18.6. The summed E-state index contributed by atoms with van der Waals surface area (Å²) in [6.45, 7) is 4.09. The van der Waals surface area contributed by atoms with Crippen molar-refractivity contribution >= 4 is 12.7 Å². The maximum Gasteiger partial charge on any atom is 0.229 e. The van der Waals surface area contributed by atoms with Crippen molar-refractivity contribution in [3.8, 4) is 11.4 Å². The van der Waals surface area contributed by atoms with Crippen LogP contribution in [-0.4, -0.2) is 21.0 Å². The number of rotatable bonds is 5. The molecule has 4 nitrogen and oxygen atoms in total. The van der Waals surface area contributed by atoms with Crippen LogP contribution in [0.1, 0.15) is 20.3 Å². The average molecular weight is 290 g/mol. The largest absolute Gasteiger partial charge is 0.341 e. The number of hydrogen-bond acceptors (Lipinski definition) is 3. The zero-order valence-corrected chi connectivity index (χ0v) is 12.6. The third kappa shape index (κ3) is 3.75. The summed E-state index contributed by atoms with van der Waals surface area (Å²) in [6.07, 6.45) is 4.28. The van der Waals surface area contributed by atoms with E-state index in [1.807, 2.05) is 32.0 Å². The smallest absolute Gasteiger partial charge is 0.229 e. The van der Waals surface area contributed by atoms with Crippen molar-refractivity contribution in [1.82, 2.24) is 9.97 Å². The molecule has 0 spiro atoms. The Morgan fingerprint density at radius 3 is 2.55 bits per heavy atom. The molecule has 1 N–H and O–H groups in total. The van der Waals surface area contributed by atoms with Gasteiger partial charge in [-0.15, -0.1) is 0 Å². The molecule has 0 saturated carbocycles. The first-order chi connectivity index (χ1) is 9.49. The molecule has 0 fully saturated rings. The lowest BCUT2D eigenvalue weighted by molar-refractivity contribution is 0.481. The molecule has 0 aliphatic carbocycles. The van der Waals surface area contributed by atoms with E-state index >= 15 is 0 Å². The molecular weight excluding hydrogens is 271 g/mol. The molecule has 2 rings (SSSR count). The molecular formula is C15H19N2O2P. The van der Waals surface area contributed by atoms with Gasteiger partial charge in [0.05, 0.1) is 11.4 Å². The Morgan fingerprint density at radius 1 is 1.15 bits per heavy atom. The summed E-state index contributed by atoms with van der Waals surface area (Å²) in [5.74, 6) is 0.410. The Bertz CT molecular complexity index is 614. The van der Waals surface area contributed by atoms with Gasteiger partial charge in [0.25, 0.3) is 0 Å². The molecule has 20 heavy (non-hydrogen) atoms. The molecule has 2 heterocycles. The fourth-order valence-corrected chi connectivity index (χ4v) is 3.60. The highest BCUT2D eigenvalue weighted by atomic mass is 31.2. The van der Waals surface area contributed by atoms with Crippen molar-refractivity contribution in [2.45, 2.75) is 20.3 Å². The van der Waals surface area contributed by atoms with Gasteiger partial charge in [0, 0.05) is 23.9 Å². The maximum atomic E-state index is 12.4. The van der Waals surface area contributed by atoms with Gasteiger partial charge >= 0.3 is 0 Å². The lowest BCUT2D eigenvalue weighted by Crippen LogP contribution is -2.10. The molecule has 1 atom stereocenters. The molecule has 0 aliphatic heterocycles. The second-order valence-corrected chi connectivity index (χ2v) is 7.59. The molecule has 0 radical (unpaired) electrons. The number of pyridine rings is 2. The summed E-state index contributed by atoms with van der Waals surface area (Å²) >= 11 is 0. The zero-order chi connectivity index (χ0) is 14.6. The number of hydrogen-bond donors (Lipinski definition) is 1. The minimum absolute atomic E-state index is 0.302. The molecule has 2 aromatic heterocycles. The van der Waals surface area contributed by atoms with Crippen LogP contribution in [-0.2, 0) is 4.57 Å². The Balaban J connectivity index is 2.28. The molecule has 106 valence electrons. The lowest BCUT2D eigenvalue weighted by atomic mass is 10.2. The predicted molar refractivity (Wildman–Crippen MR) is 81.2 cm³/mol. The van der Waals surface area contributed by atoms with E-state index < -0.39 is 7.37 Å². The van der Waals surface area contributed by atoms with Crippen LogP contribution in [0.5, 0.6) is 0 Å². The summed E-state index contributed by atoms with van der Waals surface area (Å²) in [5.41, 5.74) is 1.33. The maximum absolute atomic E-state index is 12.4. The molecule has 1 unspecified atom stereocenters. The first-order valence-corrected chi connectivity index (χ1v) is 8.53. The third-order valence-electron chi connectivity index (χ3n) is 3.08. The summed E-state index contributed by atoms with van der Waals surface area (Å²) < 4.78 is 12.4. The number of nitrogens with zero attached hydrogens (tertiary/aromatic N) is 2. The van der Waals surface area contributed by atoms with E-state index in [0.717, 1.165) is 6.42 Å². The first-order valence-electron chi connectivity index (χ1n) is 6.69. The van der Waals surface area contributed by atoms with Crippen LogP contribution in [0.25, 0.3) is 11.4 Å². The highest BCUT2D eigenvalue weighted by Gasteiger charge is 2.22. The summed E-state index contributed by atoms with van der Waals surface area (Å²) in [7, 11) is -3.31.